The molecule has 1 aromatic carbocycles. The topological polar surface area (TPSA) is 57.0 Å². The van der Waals surface area contributed by atoms with E-state index in [0.29, 0.717) is 12.5 Å². The van der Waals surface area contributed by atoms with Crippen molar-refractivity contribution in [1.29, 1.82) is 0 Å². The van der Waals surface area contributed by atoms with Gasteiger partial charge >= 0.3 is 5.97 Å². The fraction of sp³-hybridized carbons (Fsp3) is 0.316. The molecule has 2 atom stereocenters. The highest BCUT2D eigenvalue weighted by Gasteiger charge is 2.63. The Morgan fingerprint density at radius 2 is 2.08 bits per heavy atom. The van der Waals surface area contributed by atoms with Crippen LogP contribution in [0.25, 0.3) is 22.2 Å². The molecule has 2 aromatic heterocycles. The second-order valence-electron chi connectivity index (χ2n) is 6.86. The van der Waals surface area contributed by atoms with Gasteiger partial charge in [-0.3, -0.25) is 9.48 Å². The van der Waals surface area contributed by atoms with Gasteiger partial charge in [-0.15, -0.1) is 0 Å². The zero-order valence-corrected chi connectivity index (χ0v) is 13.4. The maximum Gasteiger partial charge on any atom is 0.312 e. The van der Waals surface area contributed by atoms with E-state index in [1.165, 1.54) is 5.56 Å². The molecule has 5 rings (SSSR count). The molecule has 1 aliphatic carbocycles. The average Bonchev–Trinajstić information content (AvgIpc) is 3.03. The van der Waals surface area contributed by atoms with Gasteiger partial charge in [-0.1, -0.05) is 24.3 Å². The standard InChI is InChI=1S/C19H17N3O2/c1-22-11-15-8-14(10-20-17(15)21-22)12-2-4-13(5-3-12)16-9-19(16)6-7-24-18(19)23/h2-5,8,10-11,16H,6-7,9H2,1H3/t16-,19+/m1/s1. The molecule has 1 spiro atoms. The van der Waals surface area contributed by atoms with Crippen LogP contribution in [0, 0.1) is 5.41 Å². The van der Waals surface area contributed by atoms with Crippen molar-refractivity contribution in [2.45, 2.75) is 18.8 Å². The van der Waals surface area contributed by atoms with E-state index in [9.17, 15) is 4.79 Å². The highest BCUT2D eigenvalue weighted by Crippen LogP contribution is 2.64. The van der Waals surface area contributed by atoms with Crippen molar-refractivity contribution in [2.24, 2.45) is 12.5 Å². The van der Waals surface area contributed by atoms with Crippen LogP contribution in [-0.4, -0.2) is 27.3 Å². The summed E-state index contributed by atoms with van der Waals surface area (Å²) in [7, 11) is 1.90. The highest BCUT2D eigenvalue weighted by atomic mass is 16.5. The minimum atomic E-state index is -0.225. The average molecular weight is 319 g/mol. The zero-order valence-electron chi connectivity index (χ0n) is 13.4. The van der Waals surface area contributed by atoms with E-state index < -0.39 is 0 Å². The number of hydrogen-bond acceptors (Lipinski definition) is 4. The molecule has 2 fully saturated rings. The van der Waals surface area contributed by atoms with Crippen LogP contribution in [0.2, 0.25) is 0 Å². The molecule has 2 aliphatic rings. The van der Waals surface area contributed by atoms with Crippen LogP contribution in [0.4, 0.5) is 0 Å². The van der Waals surface area contributed by atoms with Gasteiger partial charge in [-0.25, -0.2) is 4.98 Å². The van der Waals surface area contributed by atoms with Gasteiger partial charge in [0.05, 0.1) is 12.0 Å². The third kappa shape index (κ3) is 1.90. The Kier molecular flexibility index (Phi) is 2.66. The fourth-order valence-electron chi connectivity index (χ4n) is 3.91. The van der Waals surface area contributed by atoms with Crippen molar-refractivity contribution in [3.63, 3.8) is 0 Å². The molecule has 1 saturated heterocycles. The predicted molar refractivity (Wildman–Crippen MR) is 89.3 cm³/mol. The normalized spacial score (nSPS) is 25.4. The van der Waals surface area contributed by atoms with Gasteiger partial charge in [0, 0.05) is 36.3 Å². The number of hydrogen-bond donors (Lipinski definition) is 0. The van der Waals surface area contributed by atoms with Crippen LogP contribution in [0.5, 0.6) is 0 Å². The summed E-state index contributed by atoms with van der Waals surface area (Å²) >= 11 is 0. The van der Waals surface area contributed by atoms with Crippen molar-refractivity contribution in [3.8, 4) is 11.1 Å². The predicted octanol–water partition coefficient (Wildman–Crippen LogP) is 3.06. The molecule has 120 valence electrons. The number of carbonyl (C=O) groups is 1. The molecule has 0 unspecified atom stereocenters. The largest absolute Gasteiger partial charge is 0.465 e. The van der Waals surface area contributed by atoms with Crippen LogP contribution in [0.15, 0.2) is 42.7 Å². The molecule has 0 bridgehead atoms. The van der Waals surface area contributed by atoms with Crippen LogP contribution >= 0.6 is 0 Å². The Hall–Kier alpha value is -2.69. The Bertz CT molecular complexity index is 960. The summed E-state index contributed by atoms with van der Waals surface area (Å²) in [5.41, 5.74) is 3.97. The SMILES string of the molecule is Cn1cc2cc(-c3ccc([C@H]4C[C@@]45CCOC5=O)cc3)cnc2n1. The molecule has 5 nitrogen and oxygen atoms in total. The number of cyclic esters (lactones) is 1. The molecule has 1 saturated carbocycles. The summed E-state index contributed by atoms with van der Waals surface area (Å²) in [5.74, 6) is 0.309. The molecule has 5 heteroatoms. The number of esters is 1. The molecule has 3 heterocycles. The summed E-state index contributed by atoms with van der Waals surface area (Å²) in [4.78, 5) is 16.3. The number of fused-ring (bicyclic) bond motifs is 1. The first kappa shape index (κ1) is 13.7. The Balaban J connectivity index is 1.44. The van der Waals surface area contributed by atoms with Crippen molar-refractivity contribution in [1.82, 2.24) is 14.8 Å². The number of nitrogens with zero attached hydrogens (tertiary/aromatic N) is 3. The minimum absolute atomic E-state index is 0.0113. The molecule has 0 N–H and O–H groups in total. The summed E-state index contributed by atoms with van der Waals surface area (Å²) in [5, 5.41) is 5.34. The van der Waals surface area contributed by atoms with E-state index in [-0.39, 0.29) is 11.4 Å². The monoisotopic (exact) mass is 319 g/mol. The van der Waals surface area contributed by atoms with Gasteiger partial charge in [-0.05, 0) is 30.0 Å². The second-order valence-corrected chi connectivity index (χ2v) is 6.86. The van der Waals surface area contributed by atoms with E-state index in [4.69, 9.17) is 4.74 Å². The van der Waals surface area contributed by atoms with Crippen LogP contribution in [-0.2, 0) is 16.6 Å². The van der Waals surface area contributed by atoms with Crippen molar-refractivity contribution in [3.05, 3.63) is 48.3 Å². The first-order valence-corrected chi connectivity index (χ1v) is 8.23. The first-order valence-electron chi connectivity index (χ1n) is 8.23. The van der Waals surface area contributed by atoms with E-state index in [0.717, 1.165) is 35.0 Å². The smallest absolute Gasteiger partial charge is 0.312 e. The quantitative estimate of drug-likeness (QED) is 0.681. The first-order chi connectivity index (χ1) is 11.7. The zero-order chi connectivity index (χ0) is 16.3. The van der Waals surface area contributed by atoms with Gasteiger partial charge in [0.25, 0.3) is 0 Å². The van der Waals surface area contributed by atoms with E-state index in [2.05, 4.69) is 40.4 Å². The maximum absolute atomic E-state index is 11.9. The highest BCUT2D eigenvalue weighted by molar-refractivity contribution is 5.84. The van der Waals surface area contributed by atoms with Crippen molar-refractivity contribution >= 4 is 17.0 Å². The molecule has 0 radical (unpaired) electrons. The summed E-state index contributed by atoms with van der Waals surface area (Å²) in [6, 6.07) is 10.6. The van der Waals surface area contributed by atoms with Gasteiger partial charge in [-0.2, -0.15) is 5.10 Å². The van der Waals surface area contributed by atoms with Gasteiger partial charge in [0.2, 0.25) is 0 Å². The lowest BCUT2D eigenvalue weighted by atomic mass is 9.96. The summed E-state index contributed by atoms with van der Waals surface area (Å²) in [6.07, 6.45) is 5.62. The van der Waals surface area contributed by atoms with E-state index in [1.54, 1.807) is 4.68 Å². The fourth-order valence-corrected chi connectivity index (χ4v) is 3.91. The second kappa shape index (κ2) is 4.66. The lowest BCUT2D eigenvalue weighted by molar-refractivity contribution is -0.142. The minimum Gasteiger partial charge on any atom is -0.465 e. The van der Waals surface area contributed by atoms with Crippen molar-refractivity contribution < 1.29 is 9.53 Å². The van der Waals surface area contributed by atoms with Crippen LogP contribution in [0.1, 0.15) is 24.3 Å². The number of aryl methyl sites for hydroxylation is 1. The van der Waals surface area contributed by atoms with E-state index >= 15 is 0 Å². The Morgan fingerprint density at radius 3 is 2.83 bits per heavy atom. The summed E-state index contributed by atoms with van der Waals surface area (Å²) < 4.78 is 6.94. The summed E-state index contributed by atoms with van der Waals surface area (Å²) in [6.45, 7) is 0.574. The number of rotatable bonds is 2. The number of benzene rings is 1. The third-order valence-electron chi connectivity index (χ3n) is 5.38. The number of pyridine rings is 1. The molecule has 1 aliphatic heterocycles. The number of carbonyl (C=O) groups excluding carboxylic acids is 1. The van der Waals surface area contributed by atoms with Crippen LogP contribution in [0.3, 0.4) is 0 Å². The van der Waals surface area contributed by atoms with Gasteiger partial charge in [0.1, 0.15) is 0 Å². The Morgan fingerprint density at radius 1 is 1.25 bits per heavy atom. The number of ether oxygens (including phenoxy) is 1. The molecule has 0 amide bonds. The van der Waals surface area contributed by atoms with Gasteiger partial charge < -0.3 is 4.74 Å². The van der Waals surface area contributed by atoms with Gasteiger partial charge in [0.15, 0.2) is 5.65 Å². The van der Waals surface area contributed by atoms with Crippen LogP contribution < -0.4 is 0 Å². The lowest BCUT2D eigenvalue weighted by Gasteiger charge is -2.06. The molecule has 24 heavy (non-hydrogen) atoms. The Labute approximate surface area is 139 Å². The lowest BCUT2D eigenvalue weighted by Crippen LogP contribution is -2.10. The third-order valence-corrected chi connectivity index (χ3v) is 5.38. The molecule has 3 aromatic rings. The molecular formula is C19H17N3O2. The molecular weight excluding hydrogens is 302 g/mol. The number of aromatic nitrogens is 3. The van der Waals surface area contributed by atoms with Crippen molar-refractivity contribution in [2.75, 3.05) is 6.61 Å². The maximum atomic E-state index is 11.9. The van der Waals surface area contributed by atoms with E-state index in [1.807, 2.05) is 19.4 Å².